The molecule has 0 saturated heterocycles. The van der Waals surface area contributed by atoms with Crippen LogP contribution in [0.2, 0.25) is 0 Å². The number of ketones is 1. The lowest BCUT2D eigenvalue weighted by molar-refractivity contribution is -0.150. The van der Waals surface area contributed by atoms with Crippen molar-refractivity contribution in [3.8, 4) is 0 Å². The Balaban J connectivity index is 1.44. The Morgan fingerprint density at radius 2 is 1.78 bits per heavy atom. The number of aliphatic imine (C=N–C) groups is 1. The predicted molar refractivity (Wildman–Crippen MR) is 142 cm³/mol. The molecule has 3 saturated carbocycles. The zero-order valence-electron chi connectivity index (χ0n) is 23.5. The second-order valence-corrected chi connectivity index (χ2v) is 13.4. The number of carbonyl (C=O) groups excluding carboxylic acids is 3. The zero-order chi connectivity index (χ0) is 26.7. The molecule has 0 radical (unpaired) electrons. The minimum absolute atomic E-state index is 0.00318. The molecule has 204 valence electrons. The monoisotopic (exact) mass is 511 g/mol. The Kier molecular flexibility index (Phi) is 6.94. The topological polar surface area (TPSA) is 82.0 Å². The maximum atomic E-state index is 13.0. The maximum Gasteiger partial charge on any atom is 0.302 e. The largest absolute Gasteiger partial charge is 0.462 e. The summed E-state index contributed by atoms with van der Waals surface area (Å²) in [4.78, 5) is 41.6. The molecule has 0 aromatic carbocycles. The van der Waals surface area contributed by atoms with Gasteiger partial charge in [-0.2, -0.15) is 0 Å². The molecule has 6 heteroatoms. The van der Waals surface area contributed by atoms with Crippen LogP contribution in [-0.2, 0) is 23.9 Å². The van der Waals surface area contributed by atoms with Crippen molar-refractivity contribution in [2.24, 2.45) is 51.3 Å². The summed E-state index contributed by atoms with van der Waals surface area (Å²) in [5.74, 6) is 1.73. The fourth-order valence-electron chi connectivity index (χ4n) is 9.61. The molecule has 0 aromatic rings. The van der Waals surface area contributed by atoms with Crippen LogP contribution in [0.4, 0.5) is 0 Å². The molecule has 0 aromatic heterocycles. The number of fused-ring (bicyclic) bond motifs is 5. The average Bonchev–Trinajstić information content (AvgIpc) is 3.09. The molecule has 5 aliphatic rings. The number of Topliss-reactive ketones (excluding diaryl/α,β-unsaturated/α-hetero) is 1. The van der Waals surface area contributed by atoms with Crippen LogP contribution >= 0.6 is 0 Å². The van der Waals surface area contributed by atoms with E-state index in [0.717, 1.165) is 50.7 Å². The highest BCUT2D eigenvalue weighted by Crippen LogP contribution is 2.67. The summed E-state index contributed by atoms with van der Waals surface area (Å²) in [5, 5.41) is 0. The number of hydrogen-bond donors (Lipinski definition) is 0. The molecular weight excluding hydrogens is 466 g/mol. The van der Waals surface area contributed by atoms with Crippen LogP contribution in [0.1, 0.15) is 92.9 Å². The van der Waals surface area contributed by atoms with Crippen LogP contribution in [-0.4, -0.2) is 42.2 Å². The first-order chi connectivity index (χ1) is 17.4. The van der Waals surface area contributed by atoms with E-state index in [1.165, 1.54) is 19.4 Å². The summed E-state index contributed by atoms with van der Waals surface area (Å²) >= 11 is 0. The highest BCUT2D eigenvalue weighted by atomic mass is 16.5. The minimum Gasteiger partial charge on any atom is -0.462 e. The number of hydrogen-bond acceptors (Lipinski definition) is 6. The molecule has 0 spiro atoms. The molecular formula is C31H45NO5. The first-order valence-electron chi connectivity index (χ1n) is 14.6. The molecule has 1 heterocycles. The predicted octanol–water partition coefficient (Wildman–Crippen LogP) is 5.72. The van der Waals surface area contributed by atoms with Crippen LogP contribution in [0.3, 0.4) is 0 Å². The summed E-state index contributed by atoms with van der Waals surface area (Å²) in [6.07, 6.45) is 9.84. The Labute approximate surface area is 222 Å². The molecule has 10 atom stereocenters. The van der Waals surface area contributed by atoms with E-state index in [1.54, 1.807) is 0 Å². The van der Waals surface area contributed by atoms with Gasteiger partial charge in [0.2, 0.25) is 0 Å². The Morgan fingerprint density at radius 3 is 2.46 bits per heavy atom. The van der Waals surface area contributed by atoms with Gasteiger partial charge in [-0.05, 0) is 73.0 Å². The fraction of sp³-hybridized carbons (Fsp3) is 0.806. The number of ether oxygens (including phenoxy) is 2. The number of nitrogens with zero attached hydrogens (tertiary/aromatic N) is 1. The van der Waals surface area contributed by atoms with Crippen LogP contribution in [0.15, 0.2) is 16.6 Å². The lowest BCUT2D eigenvalue weighted by atomic mass is 9.47. The molecule has 0 amide bonds. The van der Waals surface area contributed by atoms with Crippen molar-refractivity contribution in [2.45, 2.75) is 105 Å². The van der Waals surface area contributed by atoms with Crippen molar-refractivity contribution in [1.29, 1.82) is 0 Å². The molecule has 6 nitrogen and oxygen atoms in total. The van der Waals surface area contributed by atoms with Crippen LogP contribution in [0, 0.1) is 46.3 Å². The van der Waals surface area contributed by atoms with Gasteiger partial charge < -0.3 is 9.47 Å². The van der Waals surface area contributed by atoms with E-state index in [9.17, 15) is 14.4 Å². The van der Waals surface area contributed by atoms with Gasteiger partial charge in [-0.15, -0.1) is 0 Å². The second kappa shape index (κ2) is 9.64. The first-order valence-corrected chi connectivity index (χ1v) is 14.6. The molecule has 4 aliphatic carbocycles. The summed E-state index contributed by atoms with van der Waals surface area (Å²) < 4.78 is 11.6. The number of allylic oxidation sites excluding steroid dienone is 1. The smallest absolute Gasteiger partial charge is 0.302 e. The quantitative estimate of drug-likeness (QED) is 0.356. The lowest BCUT2D eigenvalue weighted by Gasteiger charge is -2.58. The average molecular weight is 512 g/mol. The van der Waals surface area contributed by atoms with Crippen molar-refractivity contribution in [1.82, 2.24) is 0 Å². The van der Waals surface area contributed by atoms with Crippen LogP contribution in [0.5, 0.6) is 0 Å². The van der Waals surface area contributed by atoms with E-state index >= 15 is 0 Å². The number of rotatable bonds is 4. The molecule has 37 heavy (non-hydrogen) atoms. The van der Waals surface area contributed by atoms with Gasteiger partial charge in [-0.1, -0.05) is 39.3 Å². The van der Waals surface area contributed by atoms with Crippen LogP contribution in [0.25, 0.3) is 0 Å². The van der Waals surface area contributed by atoms with Gasteiger partial charge in [0, 0.05) is 45.1 Å². The van der Waals surface area contributed by atoms with Gasteiger partial charge in [0.25, 0.3) is 0 Å². The third-order valence-electron chi connectivity index (χ3n) is 11.2. The molecule has 4 unspecified atom stereocenters. The number of esters is 2. The van der Waals surface area contributed by atoms with E-state index in [4.69, 9.17) is 14.5 Å². The molecule has 3 fully saturated rings. The standard InChI is InChI=1S/C31H45NO5/c1-17-13-26(35)29(32-16-17)18(2)28-27(37-20(4)34)15-25-23-8-7-21-14-22(36-19(3)33)9-11-30(21,5)24(23)10-12-31(25,28)6/h7,17-18,22-25,27-28H,8-16H2,1-6H3/t17?,18?,22?,23-,24+,25+,27?,28+,30+,31+/m1/s1. The third-order valence-corrected chi connectivity index (χ3v) is 11.2. The zero-order valence-corrected chi connectivity index (χ0v) is 23.5. The lowest BCUT2D eigenvalue weighted by Crippen LogP contribution is -2.52. The van der Waals surface area contributed by atoms with Gasteiger partial charge >= 0.3 is 11.9 Å². The Morgan fingerprint density at radius 1 is 1.05 bits per heavy atom. The summed E-state index contributed by atoms with van der Waals surface area (Å²) in [7, 11) is 0. The van der Waals surface area contributed by atoms with Gasteiger partial charge in [-0.25, -0.2) is 0 Å². The second-order valence-electron chi connectivity index (χ2n) is 13.4. The van der Waals surface area contributed by atoms with E-state index in [1.807, 2.05) is 0 Å². The highest BCUT2D eigenvalue weighted by Gasteiger charge is 2.63. The minimum atomic E-state index is -0.229. The Bertz CT molecular complexity index is 1030. The maximum absolute atomic E-state index is 13.0. The van der Waals surface area contributed by atoms with E-state index < -0.39 is 0 Å². The highest BCUT2D eigenvalue weighted by molar-refractivity contribution is 6.41. The van der Waals surface area contributed by atoms with Crippen molar-refractivity contribution >= 4 is 23.4 Å². The first kappa shape index (κ1) is 26.6. The molecule has 5 rings (SSSR count). The van der Waals surface area contributed by atoms with E-state index in [2.05, 4.69) is 33.8 Å². The van der Waals surface area contributed by atoms with E-state index in [-0.39, 0.29) is 52.6 Å². The van der Waals surface area contributed by atoms with Gasteiger partial charge in [0.15, 0.2) is 5.78 Å². The summed E-state index contributed by atoms with van der Waals surface area (Å²) in [5.41, 5.74) is 2.35. The normalized spacial score (nSPS) is 43.9. The molecule has 1 aliphatic heterocycles. The SMILES string of the molecule is CC(=O)OC1CC[C@@]2(C)C(=CC[C@H]3[C@@H]4CC(OC(C)=O)[C@H](C(C)C5=NCC(C)CC5=O)[C@@]4(C)CC[C@@H]32)C1. The van der Waals surface area contributed by atoms with Crippen molar-refractivity contribution in [3.05, 3.63) is 11.6 Å². The Hall–Kier alpha value is -1.98. The van der Waals surface area contributed by atoms with Gasteiger partial charge in [0.05, 0.1) is 5.71 Å². The van der Waals surface area contributed by atoms with Crippen LogP contribution < -0.4 is 0 Å². The number of carbonyl (C=O) groups is 3. The van der Waals surface area contributed by atoms with Gasteiger partial charge in [-0.3, -0.25) is 19.4 Å². The molecule has 0 bridgehead atoms. The van der Waals surface area contributed by atoms with E-state index in [0.29, 0.717) is 36.6 Å². The molecule has 0 N–H and O–H groups in total. The fourth-order valence-corrected chi connectivity index (χ4v) is 9.61. The van der Waals surface area contributed by atoms with Crippen molar-refractivity contribution in [3.63, 3.8) is 0 Å². The summed E-state index contributed by atoms with van der Waals surface area (Å²) in [6, 6.07) is 0. The summed E-state index contributed by atoms with van der Waals surface area (Å²) in [6.45, 7) is 12.8. The van der Waals surface area contributed by atoms with Gasteiger partial charge in [0.1, 0.15) is 12.2 Å². The third kappa shape index (κ3) is 4.50. The van der Waals surface area contributed by atoms with Crippen molar-refractivity contribution in [2.75, 3.05) is 6.54 Å². The van der Waals surface area contributed by atoms with Crippen molar-refractivity contribution < 1.29 is 23.9 Å².